The van der Waals surface area contributed by atoms with Crippen molar-refractivity contribution in [2.45, 2.75) is 20.0 Å². The molecule has 5 heteroatoms. The molecule has 0 spiro atoms. The molecule has 92 valence electrons. The minimum absolute atomic E-state index is 0.0499. The van der Waals surface area contributed by atoms with Gasteiger partial charge in [0.1, 0.15) is 0 Å². The number of carbonyl (C=O) groups excluding carboxylic acids is 2. The molecule has 0 radical (unpaired) electrons. The zero-order chi connectivity index (χ0) is 13.0. The Morgan fingerprint density at radius 1 is 1.41 bits per heavy atom. The number of carbonyl (C=O) groups is 2. The fourth-order valence-corrected chi connectivity index (χ4v) is 1.26. The van der Waals surface area contributed by atoms with Crippen LogP contribution in [0.2, 0.25) is 0 Å². The summed E-state index contributed by atoms with van der Waals surface area (Å²) in [5.41, 5.74) is 0.266. The number of nitrogens with one attached hydrogen (secondary N) is 1. The predicted octanol–water partition coefficient (Wildman–Crippen LogP) is 1.54. The van der Waals surface area contributed by atoms with Gasteiger partial charge in [0, 0.05) is 12.6 Å². The molecule has 0 aliphatic carbocycles. The molecule has 1 unspecified atom stereocenters. The Morgan fingerprint density at radius 2 is 2.06 bits per heavy atom. The molecule has 0 saturated heterocycles. The van der Waals surface area contributed by atoms with Crippen LogP contribution in [0.5, 0.6) is 5.75 Å². The average molecular weight is 239 g/mol. The molecule has 17 heavy (non-hydrogen) atoms. The van der Waals surface area contributed by atoms with Gasteiger partial charge in [-0.1, -0.05) is 0 Å². The lowest BCUT2D eigenvalue weighted by atomic mass is 10.1. The smallest absolute Gasteiger partial charge is 0.260 e. The van der Waals surface area contributed by atoms with Crippen molar-refractivity contribution in [3.8, 4) is 5.75 Å². The molecule has 0 fully saturated rings. The fourth-order valence-electron chi connectivity index (χ4n) is 1.26. The summed E-state index contributed by atoms with van der Waals surface area (Å²) in [6, 6.07) is 3.89. The van der Waals surface area contributed by atoms with Gasteiger partial charge >= 0.3 is 0 Å². The van der Waals surface area contributed by atoms with E-state index in [1.54, 1.807) is 0 Å². The number of ether oxygens (including phenoxy) is 1. The maximum absolute atomic E-state index is 13.5. The second-order valence-corrected chi connectivity index (χ2v) is 3.58. The number of ketones is 1. The summed E-state index contributed by atoms with van der Waals surface area (Å²) in [7, 11) is 1.47. The first kappa shape index (κ1) is 13.2. The van der Waals surface area contributed by atoms with Crippen molar-refractivity contribution in [2.75, 3.05) is 7.05 Å². The highest BCUT2D eigenvalue weighted by atomic mass is 19.1. The third-order valence-electron chi connectivity index (χ3n) is 2.26. The van der Waals surface area contributed by atoms with Crippen molar-refractivity contribution in [1.29, 1.82) is 0 Å². The Hall–Kier alpha value is -1.91. The number of amides is 1. The molecule has 1 atom stereocenters. The first-order chi connectivity index (χ1) is 7.95. The maximum atomic E-state index is 13.5. The normalized spacial score (nSPS) is 11.8. The van der Waals surface area contributed by atoms with Crippen molar-refractivity contribution in [2.24, 2.45) is 0 Å². The van der Waals surface area contributed by atoms with E-state index in [9.17, 15) is 14.0 Å². The van der Waals surface area contributed by atoms with E-state index in [4.69, 9.17) is 4.74 Å². The van der Waals surface area contributed by atoms with Crippen molar-refractivity contribution in [3.63, 3.8) is 0 Å². The Morgan fingerprint density at radius 3 is 2.53 bits per heavy atom. The molecule has 0 aliphatic heterocycles. The summed E-state index contributed by atoms with van der Waals surface area (Å²) in [4.78, 5) is 22.2. The molecule has 0 saturated carbocycles. The molecule has 4 nitrogen and oxygen atoms in total. The van der Waals surface area contributed by atoms with Gasteiger partial charge in [-0.15, -0.1) is 0 Å². The molecule has 0 aliphatic rings. The van der Waals surface area contributed by atoms with Crippen LogP contribution in [0.3, 0.4) is 0 Å². The van der Waals surface area contributed by atoms with Gasteiger partial charge in [-0.2, -0.15) is 0 Å². The molecule has 1 N–H and O–H groups in total. The average Bonchev–Trinajstić information content (AvgIpc) is 2.30. The Bertz CT molecular complexity index is 445. The lowest BCUT2D eigenvalue weighted by Crippen LogP contribution is -2.33. The van der Waals surface area contributed by atoms with Gasteiger partial charge in [-0.05, 0) is 32.0 Å². The van der Waals surface area contributed by atoms with E-state index in [1.165, 1.54) is 33.0 Å². The van der Waals surface area contributed by atoms with Crippen LogP contribution in [0.4, 0.5) is 4.39 Å². The van der Waals surface area contributed by atoms with Gasteiger partial charge in [0.25, 0.3) is 5.91 Å². The van der Waals surface area contributed by atoms with Crippen molar-refractivity contribution in [1.82, 2.24) is 5.32 Å². The van der Waals surface area contributed by atoms with Gasteiger partial charge in [0.15, 0.2) is 23.5 Å². The standard InChI is InChI=1S/C12H14FNO3/c1-7(15)9-4-5-11(10(13)6-9)17-8(2)12(16)14-3/h4-6,8H,1-3H3,(H,14,16). The number of halogens is 1. The van der Waals surface area contributed by atoms with Crippen LogP contribution in [0.25, 0.3) is 0 Å². The lowest BCUT2D eigenvalue weighted by Gasteiger charge is -2.13. The van der Waals surface area contributed by atoms with Gasteiger partial charge < -0.3 is 10.1 Å². The second-order valence-electron chi connectivity index (χ2n) is 3.58. The molecule has 1 aromatic carbocycles. The maximum Gasteiger partial charge on any atom is 0.260 e. The van der Waals surface area contributed by atoms with Crippen LogP contribution < -0.4 is 10.1 Å². The van der Waals surface area contributed by atoms with E-state index in [0.29, 0.717) is 0 Å². The molecule has 1 rings (SSSR count). The predicted molar refractivity (Wildman–Crippen MR) is 60.6 cm³/mol. The highest BCUT2D eigenvalue weighted by Crippen LogP contribution is 2.19. The third kappa shape index (κ3) is 3.27. The van der Waals surface area contributed by atoms with Crippen molar-refractivity contribution in [3.05, 3.63) is 29.6 Å². The van der Waals surface area contributed by atoms with E-state index in [-0.39, 0.29) is 23.0 Å². The molecule has 0 aromatic heterocycles. The molecule has 1 aromatic rings. The third-order valence-corrected chi connectivity index (χ3v) is 2.26. The minimum Gasteiger partial charge on any atom is -0.478 e. The summed E-state index contributed by atoms with van der Waals surface area (Å²) in [6.07, 6.45) is -0.794. The monoisotopic (exact) mass is 239 g/mol. The number of rotatable bonds is 4. The quantitative estimate of drug-likeness (QED) is 0.811. The summed E-state index contributed by atoms with van der Waals surface area (Å²) >= 11 is 0. The van der Waals surface area contributed by atoms with Gasteiger partial charge in [-0.3, -0.25) is 9.59 Å². The van der Waals surface area contributed by atoms with Crippen LogP contribution in [0.1, 0.15) is 24.2 Å². The lowest BCUT2D eigenvalue weighted by molar-refractivity contribution is -0.126. The Labute approximate surface area is 98.8 Å². The highest BCUT2D eigenvalue weighted by molar-refractivity contribution is 5.94. The highest BCUT2D eigenvalue weighted by Gasteiger charge is 2.15. The molecule has 0 heterocycles. The number of hydrogen-bond donors (Lipinski definition) is 1. The van der Waals surface area contributed by atoms with Crippen LogP contribution in [-0.4, -0.2) is 24.8 Å². The van der Waals surface area contributed by atoms with E-state index < -0.39 is 11.9 Å². The Kier molecular flexibility index (Phi) is 4.20. The van der Waals surface area contributed by atoms with Gasteiger partial charge in [0.2, 0.25) is 0 Å². The van der Waals surface area contributed by atoms with E-state index in [0.717, 1.165) is 6.07 Å². The Balaban J connectivity index is 2.86. The number of benzene rings is 1. The zero-order valence-electron chi connectivity index (χ0n) is 9.91. The minimum atomic E-state index is -0.794. The number of hydrogen-bond acceptors (Lipinski definition) is 3. The van der Waals surface area contributed by atoms with Gasteiger partial charge in [0.05, 0.1) is 0 Å². The van der Waals surface area contributed by atoms with E-state index in [1.807, 2.05) is 0 Å². The van der Waals surface area contributed by atoms with E-state index >= 15 is 0 Å². The van der Waals surface area contributed by atoms with Crippen LogP contribution >= 0.6 is 0 Å². The number of likely N-dealkylation sites (N-methyl/N-ethyl adjacent to an activating group) is 1. The summed E-state index contributed by atoms with van der Waals surface area (Å²) < 4.78 is 18.7. The van der Waals surface area contributed by atoms with E-state index in [2.05, 4.69) is 5.32 Å². The summed E-state index contributed by atoms with van der Waals surface area (Å²) in [5.74, 6) is -1.28. The summed E-state index contributed by atoms with van der Waals surface area (Å²) in [5, 5.41) is 2.39. The fraction of sp³-hybridized carbons (Fsp3) is 0.333. The van der Waals surface area contributed by atoms with Crippen molar-refractivity contribution < 1.29 is 18.7 Å². The first-order valence-electron chi connectivity index (χ1n) is 5.14. The summed E-state index contributed by atoms with van der Waals surface area (Å²) in [6.45, 7) is 2.86. The van der Waals surface area contributed by atoms with Crippen LogP contribution in [-0.2, 0) is 4.79 Å². The first-order valence-corrected chi connectivity index (χ1v) is 5.14. The second kappa shape index (κ2) is 5.43. The van der Waals surface area contributed by atoms with Gasteiger partial charge in [-0.25, -0.2) is 4.39 Å². The largest absolute Gasteiger partial charge is 0.478 e. The van der Waals surface area contributed by atoms with Crippen LogP contribution in [0.15, 0.2) is 18.2 Å². The van der Waals surface area contributed by atoms with Crippen molar-refractivity contribution >= 4 is 11.7 Å². The molecule has 1 amide bonds. The topological polar surface area (TPSA) is 55.4 Å². The zero-order valence-corrected chi connectivity index (χ0v) is 9.91. The molecular weight excluding hydrogens is 225 g/mol. The SMILES string of the molecule is CNC(=O)C(C)Oc1ccc(C(C)=O)cc1F. The van der Waals surface area contributed by atoms with Crippen LogP contribution in [0, 0.1) is 5.82 Å². The number of Topliss-reactive ketones (excluding diaryl/α,β-unsaturated/α-hetero) is 1. The molecular formula is C12H14FNO3. The molecule has 0 bridgehead atoms.